The first-order chi connectivity index (χ1) is 48.9. The van der Waals surface area contributed by atoms with Crippen LogP contribution in [0.15, 0.2) is 146 Å². The molecule has 12 aromatic rings. The lowest BCUT2D eigenvalue weighted by Crippen LogP contribution is -2.28. The molecule has 11 heterocycles. The molecule has 2 aliphatic heterocycles. The summed E-state index contributed by atoms with van der Waals surface area (Å²) < 4.78 is 9.35. The minimum absolute atomic E-state index is 0.0391. The van der Waals surface area contributed by atoms with E-state index in [1.807, 2.05) is 85.3 Å². The zero-order valence-corrected chi connectivity index (χ0v) is 59.0. The van der Waals surface area contributed by atoms with Crippen LogP contribution in [0.3, 0.4) is 0 Å². The maximum atomic E-state index is 11.2. The number of carbonyl (C=O) groups excluding carboxylic acids is 1. The number of fused-ring (bicyclic) bond motifs is 12. The third-order valence-corrected chi connectivity index (χ3v) is 20.8. The summed E-state index contributed by atoms with van der Waals surface area (Å²) in [4.78, 5) is 38.3. The fraction of sp³-hybridized carbons (Fsp3) is 0.341. The molecule has 2 aliphatic carbocycles. The van der Waals surface area contributed by atoms with Crippen molar-refractivity contribution in [2.24, 2.45) is 28.7 Å². The van der Waals surface area contributed by atoms with E-state index in [9.17, 15) is 4.79 Å². The monoisotopic (exact) mass is 1340 g/mol. The molecule has 19 heteroatoms. The Morgan fingerprint density at radius 3 is 1.27 bits per heavy atom. The van der Waals surface area contributed by atoms with E-state index in [1.165, 1.54) is 120 Å². The molecule has 9 aromatic heterocycles. The van der Waals surface area contributed by atoms with Gasteiger partial charge in [0.2, 0.25) is 0 Å². The molecule has 0 saturated heterocycles. The molecule has 19 nitrogen and oxygen atoms in total. The number of amides is 1. The molecule has 3 aromatic carbocycles. The normalized spacial score (nSPS) is 15.4. The van der Waals surface area contributed by atoms with Crippen LogP contribution in [-0.4, -0.2) is 86.1 Å². The van der Waals surface area contributed by atoms with Gasteiger partial charge >= 0.3 is 0 Å². The lowest BCUT2D eigenvalue weighted by Gasteiger charge is -2.25. The summed E-state index contributed by atoms with van der Waals surface area (Å²) in [6, 6.07) is 39.8. The van der Waals surface area contributed by atoms with E-state index in [1.54, 1.807) is 24.7 Å². The highest BCUT2D eigenvalue weighted by Gasteiger charge is 2.28. The Hall–Kier alpha value is -10.2. The lowest BCUT2D eigenvalue weighted by molar-refractivity contribution is 0.0995. The first-order valence-electron chi connectivity index (χ1n) is 35.5. The predicted molar refractivity (Wildman–Crippen MR) is 400 cm³/mol. The minimum Gasteiger partial charge on any atom is -0.364 e. The van der Waals surface area contributed by atoms with Gasteiger partial charge in [-0.25, -0.2) is 15.0 Å². The zero-order valence-electron chi connectivity index (χ0n) is 59.0. The van der Waals surface area contributed by atoms with Crippen LogP contribution in [-0.2, 0) is 77.8 Å². The highest BCUT2D eigenvalue weighted by atomic mass is 16.1. The number of pyridine rings is 5. The van der Waals surface area contributed by atoms with E-state index < -0.39 is 5.91 Å². The van der Waals surface area contributed by atoms with E-state index in [0.29, 0.717) is 30.8 Å². The van der Waals surface area contributed by atoms with E-state index >= 15 is 0 Å². The summed E-state index contributed by atoms with van der Waals surface area (Å²) in [5.74, 6) is -0.528. The number of nitrogens with two attached hydrogens (primary N) is 5. The number of aryl methyl sites for hydroxylation is 6. The quantitative estimate of drug-likeness (QED) is 0.0718. The van der Waals surface area contributed by atoms with Crippen molar-refractivity contribution < 1.29 is 4.79 Å². The second-order valence-electron chi connectivity index (χ2n) is 28.2. The number of hydrogen-bond acceptors (Lipinski definition) is 14. The van der Waals surface area contributed by atoms with Crippen molar-refractivity contribution >= 4 is 49.9 Å². The molecule has 0 fully saturated rings. The Labute approximate surface area is 591 Å². The van der Waals surface area contributed by atoms with Gasteiger partial charge < -0.3 is 56.7 Å². The molecule has 4 unspecified atom stereocenters. The van der Waals surface area contributed by atoms with Crippen LogP contribution >= 0.6 is 0 Å². The summed E-state index contributed by atoms with van der Waals surface area (Å²) in [7, 11) is 4.33. The molecule has 4 aliphatic rings. The molecular formula is C82H92N18O. The maximum Gasteiger partial charge on any atom is 0.267 e. The Morgan fingerprint density at radius 1 is 0.436 bits per heavy atom. The van der Waals surface area contributed by atoms with Crippen LogP contribution in [0.1, 0.15) is 161 Å². The molecule has 10 N–H and O–H groups in total. The molecule has 0 bridgehead atoms. The number of primary amides is 1. The molecule has 101 heavy (non-hydrogen) atoms. The number of likely N-dealkylation sites (N-methyl/N-ethyl adjacent to an activating group) is 2. The van der Waals surface area contributed by atoms with Crippen molar-refractivity contribution in [3.63, 3.8) is 0 Å². The largest absolute Gasteiger partial charge is 0.364 e. The van der Waals surface area contributed by atoms with Crippen LogP contribution in [0.4, 0.5) is 0 Å². The summed E-state index contributed by atoms with van der Waals surface area (Å²) in [5, 5.41) is 23.1. The van der Waals surface area contributed by atoms with Crippen molar-refractivity contribution in [2.45, 2.75) is 155 Å². The molecule has 0 saturated carbocycles. The number of aromatic nitrogens is 9. The number of hydrogen-bond donors (Lipinski definition) is 5. The van der Waals surface area contributed by atoms with Gasteiger partial charge in [-0.2, -0.15) is 10.5 Å². The summed E-state index contributed by atoms with van der Waals surface area (Å²) >= 11 is 0. The van der Waals surface area contributed by atoms with E-state index in [4.69, 9.17) is 54.1 Å². The van der Waals surface area contributed by atoms with Gasteiger partial charge in [-0.3, -0.25) is 14.8 Å². The van der Waals surface area contributed by atoms with Crippen LogP contribution in [0.5, 0.6) is 0 Å². The average Bonchev–Trinajstić information content (AvgIpc) is 1.63. The predicted octanol–water partition coefficient (Wildman–Crippen LogP) is 12.1. The fourth-order valence-electron chi connectivity index (χ4n) is 15.5. The summed E-state index contributed by atoms with van der Waals surface area (Å²) in [6.45, 7) is 15.3. The minimum atomic E-state index is -0.528. The topological polar surface area (TPSA) is 285 Å². The second-order valence-corrected chi connectivity index (χ2v) is 28.2. The number of benzene rings is 3. The average molecular weight is 1350 g/mol. The van der Waals surface area contributed by atoms with Crippen molar-refractivity contribution in [2.75, 3.05) is 27.2 Å². The third kappa shape index (κ3) is 14.9. The van der Waals surface area contributed by atoms with Gasteiger partial charge in [0.05, 0.1) is 23.3 Å². The van der Waals surface area contributed by atoms with Gasteiger partial charge in [0.25, 0.3) is 5.91 Å². The van der Waals surface area contributed by atoms with Crippen LogP contribution in [0.2, 0.25) is 0 Å². The first kappa shape index (κ1) is 69.3. The molecular weight excluding hydrogens is 1250 g/mol. The first-order valence-corrected chi connectivity index (χ1v) is 35.5. The zero-order chi connectivity index (χ0) is 70.6. The number of nitriles is 2. The lowest BCUT2D eigenvalue weighted by atomic mass is 9.95. The molecule has 0 radical (unpaired) electrons. The molecule has 4 atom stereocenters. The van der Waals surface area contributed by atoms with Gasteiger partial charge in [0, 0.05) is 176 Å². The molecule has 516 valence electrons. The van der Waals surface area contributed by atoms with E-state index in [2.05, 4.69) is 128 Å². The standard InChI is InChI=1S/C21H25N5O.C21H23N5.C21H22N4.C19H22N4/c1-13-3-6-19-15(9-13)16-11-25(2)8-7-20(16)26(19)12-17(22)14-4-5-18(21(23)27)24-10-14;1-14-9-17-18-12-25(2)8-7-20(18)26(21(17)24-11-14)13-19(23)16-5-3-15(10-22)4-6-16;1-14-10-18-17-4-2-3-5-20(17)25(21(18)24-12-14)13-19(23)16-8-6-15(11-22)7-9-16;1-13-10-16-15-4-2-3-5-18(15)23(19(16)22-11-13)12-17(20)14-6-8-21-9-7-14/h3-6,9-10,17H,7-8,11-12,22H2,1-2H3,(H2,23,27);3-6,9,11,19H,7-8,12-13,23H2,1-2H3;6-10,12,19H,2-5,13,23H2,1H3;6-11,17H,2-5,12,20H2,1H3. The van der Waals surface area contributed by atoms with Crippen molar-refractivity contribution in [1.29, 1.82) is 10.5 Å². The van der Waals surface area contributed by atoms with Crippen molar-refractivity contribution in [3.05, 3.63) is 253 Å². The van der Waals surface area contributed by atoms with Crippen LogP contribution < -0.4 is 28.7 Å². The van der Waals surface area contributed by atoms with E-state index in [-0.39, 0.29) is 29.9 Å². The number of nitrogens with zero attached hydrogens (tertiary/aromatic N) is 13. The highest BCUT2D eigenvalue weighted by molar-refractivity contribution is 5.91. The van der Waals surface area contributed by atoms with Crippen molar-refractivity contribution in [1.82, 2.24) is 53.0 Å². The Bertz CT molecular complexity index is 5070. The van der Waals surface area contributed by atoms with Gasteiger partial charge in [0.15, 0.2) is 0 Å². The van der Waals surface area contributed by atoms with Crippen molar-refractivity contribution in [3.8, 4) is 12.1 Å². The van der Waals surface area contributed by atoms with Gasteiger partial charge in [0.1, 0.15) is 22.6 Å². The van der Waals surface area contributed by atoms with Crippen LogP contribution in [0.25, 0.3) is 44.0 Å². The Kier molecular flexibility index (Phi) is 20.8. The third-order valence-electron chi connectivity index (χ3n) is 20.8. The Morgan fingerprint density at radius 2 is 0.822 bits per heavy atom. The van der Waals surface area contributed by atoms with E-state index in [0.717, 1.165) is 110 Å². The molecule has 16 rings (SSSR count). The summed E-state index contributed by atoms with van der Waals surface area (Å²) in [6.07, 6.45) is 22.7. The number of rotatable bonds is 13. The van der Waals surface area contributed by atoms with Crippen LogP contribution in [0, 0.1) is 50.4 Å². The van der Waals surface area contributed by atoms with Gasteiger partial charge in [-0.15, -0.1) is 0 Å². The smallest absolute Gasteiger partial charge is 0.267 e. The van der Waals surface area contributed by atoms with Gasteiger partial charge in [-0.05, 0) is 227 Å². The second kappa shape index (κ2) is 30.3. The summed E-state index contributed by atoms with van der Waals surface area (Å²) in [5.41, 5.74) is 57.6. The SMILES string of the molecule is Cc1ccc2c(c1)c1c(n2CC(N)c2ccc(C(N)=O)nc2)CCN(C)C1.Cc1cnc2c(c1)c1c(n2CC(N)c2ccc(C#N)cc2)CCCC1.Cc1cnc2c(c1)c1c(n2CC(N)c2ccc(C#N)cc2)CCN(C)C1.Cc1cnc2c(c1)c1c(n2CC(N)c2ccncc2)CCCC1. The van der Waals surface area contributed by atoms with Gasteiger partial charge in [-0.1, -0.05) is 42.0 Å². The number of carbonyl (C=O) groups is 1. The maximum absolute atomic E-state index is 11.2. The molecule has 0 spiro atoms. The molecule has 1 amide bonds. The Balaban J connectivity index is 0.000000121. The fourth-order valence-corrected chi connectivity index (χ4v) is 15.5. The highest BCUT2D eigenvalue weighted by Crippen LogP contribution is 2.37.